The molecule has 10 nitrogen and oxygen atoms in total. The summed E-state index contributed by atoms with van der Waals surface area (Å²) in [4.78, 5) is 44.9. The molecule has 0 aliphatic rings. The lowest BCUT2D eigenvalue weighted by molar-refractivity contribution is -0.139. The third kappa shape index (κ3) is 10.0. The Morgan fingerprint density at radius 2 is 1.83 bits per heavy atom. The maximum absolute atomic E-state index is 11.9. The van der Waals surface area contributed by atoms with Crippen molar-refractivity contribution >= 4 is 35.5 Å². The van der Waals surface area contributed by atoms with E-state index >= 15 is 0 Å². The highest BCUT2D eigenvalue weighted by molar-refractivity contribution is 7.99. The quantitative estimate of drug-likeness (QED) is 0.227. The van der Waals surface area contributed by atoms with Gasteiger partial charge in [-0.05, 0) is 6.42 Å². The van der Waals surface area contributed by atoms with E-state index in [1.54, 1.807) is 6.92 Å². The molecule has 0 aliphatic heterocycles. The Morgan fingerprint density at radius 3 is 2.33 bits per heavy atom. The van der Waals surface area contributed by atoms with Gasteiger partial charge in [0, 0.05) is 17.4 Å². The van der Waals surface area contributed by atoms with Crippen LogP contribution in [-0.4, -0.2) is 75.3 Å². The average molecular weight is 365 g/mol. The zero-order chi connectivity index (χ0) is 18.7. The minimum absolute atomic E-state index is 0.0924. The highest BCUT2D eigenvalue weighted by Gasteiger charge is 2.23. The van der Waals surface area contributed by atoms with Gasteiger partial charge in [-0.1, -0.05) is 6.92 Å². The summed E-state index contributed by atoms with van der Waals surface area (Å²) in [6.07, 6.45) is -0.277. The number of aliphatic carboxylic acids is 2. The molecule has 11 heteroatoms. The van der Waals surface area contributed by atoms with Crippen molar-refractivity contribution in [3.63, 3.8) is 0 Å². The molecule has 0 rings (SSSR count). The maximum atomic E-state index is 11.9. The normalized spacial score (nSPS) is 14.3. The van der Waals surface area contributed by atoms with E-state index < -0.39 is 42.4 Å². The molecule has 3 unspecified atom stereocenters. The van der Waals surface area contributed by atoms with E-state index in [1.807, 2.05) is 0 Å². The molecule has 0 heterocycles. The van der Waals surface area contributed by atoms with Crippen molar-refractivity contribution in [2.24, 2.45) is 5.73 Å². The van der Waals surface area contributed by atoms with Crippen LogP contribution in [-0.2, 0) is 19.2 Å². The molecule has 0 aromatic rings. The Morgan fingerprint density at radius 1 is 1.21 bits per heavy atom. The van der Waals surface area contributed by atoms with E-state index in [0.717, 1.165) is 0 Å². The highest BCUT2D eigenvalue weighted by Crippen LogP contribution is 2.11. The SMILES string of the molecule is CC(CO)SCC(NC(=O)CCC(N)C(=O)O)C(=O)NCC(=O)O. The van der Waals surface area contributed by atoms with Gasteiger partial charge in [-0.15, -0.1) is 0 Å². The van der Waals surface area contributed by atoms with Gasteiger partial charge in [-0.2, -0.15) is 11.8 Å². The van der Waals surface area contributed by atoms with Crippen LogP contribution in [0.3, 0.4) is 0 Å². The molecule has 0 aliphatic carbocycles. The fourth-order valence-electron chi connectivity index (χ4n) is 1.46. The van der Waals surface area contributed by atoms with Crippen molar-refractivity contribution in [3.05, 3.63) is 0 Å². The number of carboxylic acid groups (broad SMARTS) is 2. The third-order valence-electron chi connectivity index (χ3n) is 2.87. The van der Waals surface area contributed by atoms with Gasteiger partial charge in [0.05, 0.1) is 6.61 Å². The number of hydrogen-bond donors (Lipinski definition) is 6. The standard InChI is InChI=1S/C13H23N3O7S/c1-7(5-17)24-6-9(12(21)15-4-11(19)20)16-10(18)3-2-8(14)13(22)23/h7-9,17H,2-6,14H2,1H3,(H,15,21)(H,16,18)(H,19,20)(H,22,23). The summed E-state index contributed by atoms with van der Waals surface area (Å²) in [5.74, 6) is -3.57. The molecule has 24 heavy (non-hydrogen) atoms. The van der Waals surface area contributed by atoms with E-state index in [9.17, 15) is 19.2 Å². The van der Waals surface area contributed by atoms with Gasteiger partial charge in [-0.25, -0.2) is 0 Å². The molecule has 0 fully saturated rings. The Hall–Kier alpha value is -1.85. The van der Waals surface area contributed by atoms with Gasteiger partial charge in [0.15, 0.2) is 0 Å². The van der Waals surface area contributed by atoms with E-state index in [-0.39, 0.29) is 30.5 Å². The Bertz CT molecular complexity index is 461. The number of rotatable bonds is 12. The first-order valence-electron chi connectivity index (χ1n) is 7.17. The van der Waals surface area contributed by atoms with Gasteiger partial charge in [0.2, 0.25) is 11.8 Å². The zero-order valence-corrected chi connectivity index (χ0v) is 14.0. The fourth-order valence-corrected chi connectivity index (χ4v) is 2.32. The lowest BCUT2D eigenvalue weighted by Gasteiger charge is -2.19. The van der Waals surface area contributed by atoms with Crippen LogP contribution in [0.15, 0.2) is 0 Å². The molecule has 0 spiro atoms. The lowest BCUT2D eigenvalue weighted by atomic mass is 10.1. The van der Waals surface area contributed by atoms with Crippen molar-refractivity contribution in [1.29, 1.82) is 0 Å². The number of aliphatic hydroxyl groups is 1. The molecule has 2 amide bonds. The second kappa shape index (κ2) is 11.6. The second-order valence-corrected chi connectivity index (χ2v) is 6.51. The van der Waals surface area contributed by atoms with Crippen LogP contribution >= 0.6 is 11.8 Å². The first kappa shape index (κ1) is 22.1. The van der Waals surface area contributed by atoms with Gasteiger partial charge >= 0.3 is 11.9 Å². The summed E-state index contributed by atoms with van der Waals surface area (Å²) in [5, 5.41) is 30.6. The number of carbonyl (C=O) groups excluding carboxylic acids is 2. The molecule has 3 atom stereocenters. The van der Waals surface area contributed by atoms with E-state index in [1.165, 1.54) is 11.8 Å². The Kier molecular flexibility index (Phi) is 10.8. The van der Waals surface area contributed by atoms with Crippen LogP contribution in [0.2, 0.25) is 0 Å². The number of aliphatic hydroxyl groups excluding tert-OH is 1. The van der Waals surface area contributed by atoms with Crippen LogP contribution in [0.25, 0.3) is 0 Å². The van der Waals surface area contributed by atoms with Crippen molar-refractivity contribution in [2.75, 3.05) is 18.9 Å². The minimum atomic E-state index is -1.23. The van der Waals surface area contributed by atoms with Gasteiger partial charge < -0.3 is 31.7 Å². The number of nitrogens with two attached hydrogens (primary N) is 1. The Labute approximate surface area is 143 Å². The molecular formula is C13H23N3O7S. The highest BCUT2D eigenvalue weighted by atomic mass is 32.2. The maximum Gasteiger partial charge on any atom is 0.322 e. The molecule has 0 radical (unpaired) electrons. The number of carboxylic acids is 2. The van der Waals surface area contributed by atoms with E-state index in [0.29, 0.717) is 0 Å². The van der Waals surface area contributed by atoms with Crippen LogP contribution in [0.4, 0.5) is 0 Å². The van der Waals surface area contributed by atoms with Crippen molar-refractivity contribution in [1.82, 2.24) is 10.6 Å². The first-order chi connectivity index (χ1) is 11.2. The van der Waals surface area contributed by atoms with Crippen LogP contribution < -0.4 is 16.4 Å². The fraction of sp³-hybridized carbons (Fsp3) is 0.692. The summed E-state index contributed by atoms with van der Waals surface area (Å²) in [7, 11) is 0. The van der Waals surface area contributed by atoms with Crippen LogP contribution in [0, 0.1) is 0 Å². The predicted octanol–water partition coefficient (Wildman–Crippen LogP) is -2.02. The largest absolute Gasteiger partial charge is 0.480 e. The average Bonchev–Trinajstić information content (AvgIpc) is 2.53. The molecule has 138 valence electrons. The summed E-state index contributed by atoms with van der Waals surface area (Å²) in [5.41, 5.74) is 5.30. The number of amides is 2. The molecule has 0 saturated heterocycles. The summed E-state index contributed by atoms with van der Waals surface area (Å²) in [6.45, 7) is 1.02. The van der Waals surface area contributed by atoms with Gasteiger partial charge in [0.1, 0.15) is 18.6 Å². The number of nitrogens with one attached hydrogen (secondary N) is 2. The molecular weight excluding hydrogens is 342 g/mol. The van der Waals surface area contributed by atoms with Gasteiger partial charge in [0.25, 0.3) is 0 Å². The zero-order valence-electron chi connectivity index (χ0n) is 13.2. The van der Waals surface area contributed by atoms with Crippen molar-refractivity contribution in [2.45, 2.75) is 37.1 Å². The molecule has 0 aromatic heterocycles. The minimum Gasteiger partial charge on any atom is -0.480 e. The summed E-state index contributed by atoms with van der Waals surface area (Å²) < 4.78 is 0. The molecule has 0 saturated carbocycles. The number of carbonyl (C=O) groups is 4. The van der Waals surface area contributed by atoms with E-state index in [2.05, 4.69) is 10.6 Å². The molecule has 7 N–H and O–H groups in total. The number of thioether (sulfide) groups is 1. The Balaban J connectivity index is 4.60. The lowest BCUT2D eigenvalue weighted by Crippen LogP contribution is -2.49. The molecule has 0 aromatic carbocycles. The second-order valence-electron chi connectivity index (χ2n) is 5.04. The number of hydrogen-bond acceptors (Lipinski definition) is 7. The monoisotopic (exact) mass is 365 g/mol. The predicted molar refractivity (Wildman–Crippen MR) is 86.4 cm³/mol. The topological polar surface area (TPSA) is 179 Å². The smallest absolute Gasteiger partial charge is 0.322 e. The summed E-state index contributed by atoms with van der Waals surface area (Å²) in [6, 6.07) is -2.18. The summed E-state index contributed by atoms with van der Waals surface area (Å²) >= 11 is 1.23. The molecule has 0 bridgehead atoms. The van der Waals surface area contributed by atoms with Gasteiger partial charge in [-0.3, -0.25) is 19.2 Å². The first-order valence-corrected chi connectivity index (χ1v) is 8.22. The van der Waals surface area contributed by atoms with Crippen LogP contribution in [0.5, 0.6) is 0 Å². The van der Waals surface area contributed by atoms with Crippen molar-refractivity contribution < 1.29 is 34.5 Å². The van der Waals surface area contributed by atoms with E-state index in [4.69, 9.17) is 21.1 Å². The van der Waals surface area contributed by atoms with Crippen molar-refractivity contribution in [3.8, 4) is 0 Å². The van der Waals surface area contributed by atoms with Crippen LogP contribution in [0.1, 0.15) is 19.8 Å². The third-order valence-corrected chi connectivity index (χ3v) is 4.11.